The van der Waals surface area contributed by atoms with Crippen LogP contribution in [-0.4, -0.2) is 37.1 Å². The van der Waals surface area contributed by atoms with Crippen molar-refractivity contribution in [2.24, 2.45) is 11.8 Å². The summed E-state index contributed by atoms with van der Waals surface area (Å²) in [5.74, 6) is -3.34. The van der Waals surface area contributed by atoms with Crippen LogP contribution in [0.4, 0.5) is 4.79 Å². The van der Waals surface area contributed by atoms with Crippen LogP contribution in [0.1, 0.15) is 6.42 Å². The summed E-state index contributed by atoms with van der Waals surface area (Å²) in [6, 6.07) is -0.693. The number of carbonyl (C=O) groups excluding carboxylic acids is 4. The van der Waals surface area contributed by atoms with Crippen LogP contribution < -0.4 is 16.0 Å². The van der Waals surface area contributed by atoms with Crippen molar-refractivity contribution in [3.8, 4) is 0 Å². The van der Waals surface area contributed by atoms with Gasteiger partial charge in [-0.05, 0) is 0 Å². The smallest absolute Gasteiger partial charge is 0.323 e. The number of amides is 4. The largest absolute Gasteiger partial charge is 0.469 e. The van der Waals surface area contributed by atoms with Crippen LogP contribution in [0.5, 0.6) is 0 Å². The molecule has 0 radical (unpaired) electrons. The number of ether oxygens (including phenoxy) is 1. The van der Waals surface area contributed by atoms with Gasteiger partial charge in [0.2, 0.25) is 11.8 Å². The van der Waals surface area contributed by atoms with Gasteiger partial charge in [-0.1, -0.05) is 0 Å². The van der Waals surface area contributed by atoms with E-state index >= 15 is 0 Å². The zero-order valence-electron chi connectivity index (χ0n) is 8.98. The standard InChI is InChI=1S/C9H11N3O5/c1-17-8(15)3-2-4(13)10-6-5(3)7(14)12-9(16)11-6/h3,5-6H,2H2,1H3,(H,10,13)(H2,11,12,14,16). The van der Waals surface area contributed by atoms with Crippen LogP contribution in [0.25, 0.3) is 0 Å². The fraction of sp³-hybridized carbons (Fsp3) is 0.556. The molecule has 3 N–H and O–H groups in total. The van der Waals surface area contributed by atoms with Crippen molar-refractivity contribution in [1.29, 1.82) is 0 Å². The topological polar surface area (TPSA) is 114 Å². The number of nitrogens with one attached hydrogen (secondary N) is 3. The molecule has 0 aliphatic carbocycles. The molecule has 0 aromatic rings. The number of rotatable bonds is 1. The van der Waals surface area contributed by atoms with Crippen molar-refractivity contribution in [1.82, 2.24) is 16.0 Å². The second-order valence-corrected chi connectivity index (χ2v) is 3.87. The maximum atomic E-state index is 11.6. The number of hydrogen-bond acceptors (Lipinski definition) is 5. The van der Waals surface area contributed by atoms with Gasteiger partial charge < -0.3 is 15.4 Å². The molecule has 3 unspecified atom stereocenters. The van der Waals surface area contributed by atoms with E-state index in [1.165, 1.54) is 7.11 Å². The molecule has 8 nitrogen and oxygen atoms in total. The summed E-state index contributed by atoms with van der Waals surface area (Å²) in [5, 5.41) is 6.88. The first-order valence-electron chi connectivity index (χ1n) is 5.01. The van der Waals surface area contributed by atoms with Crippen molar-refractivity contribution in [3.63, 3.8) is 0 Å². The van der Waals surface area contributed by atoms with Crippen LogP contribution in [0.15, 0.2) is 0 Å². The Hall–Kier alpha value is -2.12. The van der Waals surface area contributed by atoms with E-state index in [4.69, 9.17) is 0 Å². The second-order valence-electron chi connectivity index (χ2n) is 3.87. The molecular weight excluding hydrogens is 230 g/mol. The van der Waals surface area contributed by atoms with Gasteiger partial charge in [0.25, 0.3) is 0 Å². The van der Waals surface area contributed by atoms with Crippen LogP contribution >= 0.6 is 0 Å². The Morgan fingerprint density at radius 3 is 2.65 bits per heavy atom. The van der Waals surface area contributed by atoms with Crippen LogP contribution in [0, 0.1) is 11.8 Å². The average molecular weight is 241 g/mol. The second kappa shape index (κ2) is 4.04. The molecule has 0 spiro atoms. The van der Waals surface area contributed by atoms with E-state index < -0.39 is 41.8 Å². The fourth-order valence-electron chi connectivity index (χ4n) is 2.09. The minimum Gasteiger partial charge on any atom is -0.469 e. The molecule has 0 aromatic carbocycles. The van der Waals surface area contributed by atoms with E-state index in [0.717, 1.165) is 0 Å². The molecule has 0 saturated carbocycles. The Balaban J connectivity index is 2.27. The van der Waals surface area contributed by atoms with Gasteiger partial charge in [0.05, 0.1) is 18.9 Å². The third-order valence-corrected chi connectivity index (χ3v) is 2.84. The van der Waals surface area contributed by atoms with Gasteiger partial charge in [0, 0.05) is 6.42 Å². The van der Waals surface area contributed by atoms with E-state index in [9.17, 15) is 19.2 Å². The molecular formula is C9H11N3O5. The Labute approximate surface area is 96.1 Å². The number of urea groups is 1. The first kappa shape index (κ1) is 11.4. The summed E-state index contributed by atoms with van der Waals surface area (Å²) in [4.78, 5) is 45.6. The summed E-state index contributed by atoms with van der Waals surface area (Å²) in [6.45, 7) is 0. The van der Waals surface area contributed by atoms with Crippen molar-refractivity contribution in [3.05, 3.63) is 0 Å². The molecule has 2 heterocycles. The quantitative estimate of drug-likeness (QED) is 0.463. The van der Waals surface area contributed by atoms with Gasteiger partial charge in [0.1, 0.15) is 6.17 Å². The number of imide groups is 1. The SMILES string of the molecule is COC(=O)C1CC(=O)NC2NC(=O)NC(=O)C21. The van der Waals surface area contributed by atoms with Crippen molar-refractivity contribution < 1.29 is 23.9 Å². The maximum absolute atomic E-state index is 11.6. The van der Waals surface area contributed by atoms with Crippen molar-refractivity contribution in [2.45, 2.75) is 12.6 Å². The molecule has 0 bridgehead atoms. The Morgan fingerprint density at radius 1 is 1.29 bits per heavy atom. The lowest BCUT2D eigenvalue weighted by molar-refractivity contribution is -0.156. The summed E-state index contributed by atoms with van der Waals surface area (Å²) >= 11 is 0. The third kappa shape index (κ3) is 1.93. The molecule has 17 heavy (non-hydrogen) atoms. The van der Waals surface area contributed by atoms with Crippen LogP contribution in [0.3, 0.4) is 0 Å². The molecule has 3 atom stereocenters. The highest BCUT2D eigenvalue weighted by Gasteiger charge is 2.48. The molecule has 2 saturated heterocycles. The number of hydrogen-bond donors (Lipinski definition) is 3. The fourth-order valence-corrected chi connectivity index (χ4v) is 2.09. The van der Waals surface area contributed by atoms with Gasteiger partial charge in [-0.25, -0.2) is 4.79 Å². The minimum atomic E-state index is -0.876. The van der Waals surface area contributed by atoms with E-state index in [2.05, 4.69) is 20.7 Å². The molecule has 2 aliphatic heterocycles. The van der Waals surface area contributed by atoms with Gasteiger partial charge >= 0.3 is 12.0 Å². The van der Waals surface area contributed by atoms with Gasteiger partial charge in [0.15, 0.2) is 0 Å². The lowest BCUT2D eigenvalue weighted by Crippen LogP contribution is -2.69. The van der Waals surface area contributed by atoms with Gasteiger partial charge in [-0.3, -0.25) is 19.7 Å². The van der Waals surface area contributed by atoms with Gasteiger partial charge in [-0.15, -0.1) is 0 Å². The number of carbonyl (C=O) groups is 4. The van der Waals surface area contributed by atoms with E-state index in [-0.39, 0.29) is 6.42 Å². The minimum absolute atomic E-state index is 0.128. The highest BCUT2D eigenvalue weighted by atomic mass is 16.5. The lowest BCUT2D eigenvalue weighted by Gasteiger charge is -2.38. The summed E-state index contributed by atoms with van der Waals surface area (Å²) in [5.41, 5.74) is 0. The predicted octanol–water partition coefficient (Wildman–Crippen LogP) is -1.92. The highest BCUT2D eigenvalue weighted by Crippen LogP contribution is 2.26. The molecule has 8 heteroatoms. The lowest BCUT2D eigenvalue weighted by atomic mass is 9.82. The van der Waals surface area contributed by atoms with E-state index in [0.29, 0.717) is 0 Å². The number of esters is 1. The van der Waals surface area contributed by atoms with Gasteiger partial charge in [-0.2, -0.15) is 0 Å². The molecule has 2 aliphatic rings. The summed E-state index contributed by atoms with van der Waals surface area (Å²) in [7, 11) is 1.18. The number of piperidine rings is 1. The Kier molecular flexibility index (Phi) is 2.70. The van der Waals surface area contributed by atoms with E-state index in [1.807, 2.05) is 0 Å². The number of methoxy groups -OCH3 is 1. The van der Waals surface area contributed by atoms with Crippen LogP contribution in [0.2, 0.25) is 0 Å². The molecule has 4 amide bonds. The van der Waals surface area contributed by atoms with Crippen molar-refractivity contribution in [2.75, 3.05) is 7.11 Å². The van der Waals surface area contributed by atoms with Crippen LogP contribution in [-0.2, 0) is 19.1 Å². The Bertz CT molecular complexity index is 405. The molecule has 2 fully saturated rings. The van der Waals surface area contributed by atoms with Crippen molar-refractivity contribution >= 4 is 23.8 Å². The highest BCUT2D eigenvalue weighted by molar-refractivity contribution is 6.02. The summed E-state index contributed by atoms with van der Waals surface area (Å²) < 4.78 is 4.55. The molecule has 2 rings (SSSR count). The monoisotopic (exact) mass is 241 g/mol. The van der Waals surface area contributed by atoms with E-state index in [1.54, 1.807) is 0 Å². The zero-order chi connectivity index (χ0) is 12.6. The predicted molar refractivity (Wildman–Crippen MR) is 52.2 cm³/mol. The molecule has 92 valence electrons. The normalized spacial score (nSPS) is 31.8. The third-order valence-electron chi connectivity index (χ3n) is 2.84. The Morgan fingerprint density at radius 2 is 2.00 bits per heavy atom. The summed E-state index contributed by atoms with van der Waals surface area (Å²) in [6.07, 6.45) is -0.987. The zero-order valence-corrected chi connectivity index (χ0v) is 8.98. The average Bonchev–Trinajstić information content (AvgIpc) is 2.25. The molecule has 0 aromatic heterocycles. The maximum Gasteiger partial charge on any atom is 0.323 e. The first-order chi connectivity index (χ1) is 8.02. The first-order valence-corrected chi connectivity index (χ1v) is 5.01. The number of fused-ring (bicyclic) bond motifs is 1.